The van der Waals surface area contributed by atoms with E-state index in [0.717, 1.165) is 38.1 Å². The Labute approximate surface area is 223 Å². The molecule has 7 nitrogen and oxygen atoms in total. The summed E-state index contributed by atoms with van der Waals surface area (Å²) >= 11 is 11.0. The van der Waals surface area contributed by atoms with Crippen molar-refractivity contribution in [2.45, 2.75) is 6.92 Å². The maximum atomic E-state index is 6.18. The molecular formula is C26H16BrClN6OS. The van der Waals surface area contributed by atoms with Gasteiger partial charge >= 0.3 is 0 Å². The van der Waals surface area contributed by atoms with Gasteiger partial charge in [0, 0.05) is 20.6 Å². The van der Waals surface area contributed by atoms with Gasteiger partial charge in [0.05, 0.1) is 22.5 Å². The number of nitrogens with zero attached hydrogens (tertiary/aromatic N) is 6. The Kier molecular flexibility index (Phi) is 5.96. The molecule has 0 fully saturated rings. The van der Waals surface area contributed by atoms with Gasteiger partial charge in [-0.1, -0.05) is 86.5 Å². The molecule has 0 saturated heterocycles. The van der Waals surface area contributed by atoms with Crippen LogP contribution in [-0.4, -0.2) is 19.9 Å². The lowest BCUT2D eigenvalue weighted by molar-refractivity contribution is 0.447. The summed E-state index contributed by atoms with van der Waals surface area (Å²) in [5, 5.41) is 20.7. The van der Waals surface area contributed by atoms with Crippen LogP contribution in [0.2, 0.25) is 5.02 Å². The van der Waals surface area contributed by atoms with Crippen molar-refractivity contribution in [3.63, 3.8) is 0 Å². The smallest absolute Gasteiger partial charge is 0.277 e. The molecule has 0 unspecified atom stereocenters. The van der Waals surface area contributed by atoms with Crippen LogP contribution in [0.15, 0.2) is 98.1 Å². The summed E-state index contributed by atoms with van der Waals surface area (Å²) in [6.07, 6.45) is 0. The summed E-state index contributed by atoms with van der Waals surface area (Å²) in [5.41, 5.74) is 5.30. The SMILES string of the molecule is Cc1nc(-n2nc3onc(-c4ccccc4)c3c2-c2ccc(Cl)cc2)sc1N=Nc1ccc(Br)cc1. The summed E-state index contributed by atoms with van der Waals surface area (Å²) in [4.78, 5) is 4.76. The van der Waals surface area contributed by atoms with Gasteiger partial charge in [0.1, 0.15) is 5.69 Å². The number of azo groups is 1. The van der Waals surface area contributed by atoms with Crippen molar-refractivity contribution in [1.82, 2.24) is 19.9 Å². The van der Waals surface area contributed by atoms with E-state index in [1.54, 1.807) is 4.68 Å². The maximum Gasteiger partial charge on any atom is 0.277 e. The number of aryl methyl sites for hydroxylation is 1. The number of fused-ring (bicyclic) bond motifs is 1. The normalized spacial score (nSPS) is 11.6. The molecule has 36 heavy (non-hydrogen) atoms. The van der Waals surface area contributed by atoms with Gasteiger partial charge in [-0.3, -0.25) is 0 Å². The van der Waals surface area contributed by atoms with E-state index >= 15 is 0 Å². The standard InChI is InChI=1S/C26H16BrClN6OS/c1-15-25(31-30-20-13-9-18(27)10-14-20)36-26(29-15)34-23(17-7-11-19(28)12-8-17)21-22(33-35-24(21)32-34)16-5-3-2-4-6-16/h2-14H,1H3. The highest BCUT2D eigenvalue weighted by Crippen LogP contribution is 2.40. The van der Waals surface area contributed by atoms with E-state index in [9.17, 15) is 0 Å². The molecule has 3 heterocycles. The Hall–Kier alpha value is -3.66. The summed E-state index contributed by atoms with van der Waals surface area (Å²) in [5.74, 6) is 0. The molecular weight excluding hydrogens is 560 g/mol. The van der Waals surface area contributed by atoms with Crippen LogP contribution in [0, 0.1) is 6.92 Å². The van der Waals surface area contributed by atoms with Crippen molar-refractivity contribution in [2.24, 2.45) is 10.2 Å². The molecule has 6 rings (SSSR count). The number of halogens is 2. The first-order valence-electron chi connectivity index (χ1n) is 10.9. The minimum absolute atomic E-state index is 0.421. The monoisotopic (exact) mass is 574 g/mol. The lowest BCUT2D eigenvalue weighted by Crippen LogP contribution is -1.99. The first-order chi connectivity index (χ1) is 17.6. The average Bonchev–Trinajstić information content (AvgIpc) is 3.58. The van der Waals surface area contributed by atoms with Crippen molar-refractivity contribution in [1.29, 1.82) is 0 Å². The second kappa shape index (κ2) is 9.42. The molecule has 3 aromatic heterocycles. The summed E-state index contributed by atoms with van der Waals surface area (Å²) < 4.78 is 8.43. The van der Waals surface area contributed by atoms with Gasteiger partial charge < -0.3 is 4.52 Å². The van der Waals surface area contributed by atoms with Gasteiger partial charge in [-0.05, 0) is 43.3 Å². The largest absolute Gasteiger partial charge is 0.334 e. The molecule has 6 aromatic rings. The third-order valence-electron chi connectivity index (χ3n) is 5.50. The predicted molar refractivity (Wildman–Crippen MR) is 146 cm³/mol. The van der Waals surface area contributed by atoms with Crippen LogP contribution in [0.5, 0.6) is 0 Å². The summed E-state index contributed by atoms with van der Waals surface area (Å²) in [6.45, 7) is 1.91. The Morgan fingerprint density at radius 2 is 1.67 bits per heavy atom. The van der Waals surface area contributed by atoms with Crippen LogP contribution in [-0.2, 0) is 0 Å². The van der Waals surface area contributed by atoms with E-state index in [1.165, 1.54) is 11.3 Å². The zero-order chi connectivity index (χ0) is 24.6. The Balaban J connectivity index is 1.50. The van der Waals surface area contributed by atoms with E-state index in [-0.39, 0.29) is 0 Å². The van der Waals surface area contributed by atoms with E-state index in [4.69, 9.17) is 26.2 Å². The van der Waals surface area contributed by atoms with Gasteiger partial charge in [0.2, 0.25) is 5.13 Å². The molecule has 0 amide bonds. The fourth-order valence-corrected chi connectivity index (χ4v) is 5.02. The minimum atomic E-state index is 0.421. The van der Waals surface area contributed by atoms with Crippen molar-refractivity contribution in [3.05, 3.63) is 94.1 Å². The van der Waals surface area contributed by atoms with Crippen molar-refractivity contribution in [3.8, 4) is 27.6 Å². The number of benzene rings is 3. The number of hydrogen-bond donors (Lipinski definition) is 0. The first kappa shape index (κ1) is 22.8. The average molecular weight is 576 g/mol. The Bertz CT molecular complexity index is 1710. The number of hydrogen-bond acceptors (Lipinski definition) is 7. The Morgan fingerprint density at radius 1 is 0.917 bits per heavy atom. The maximum absolute atomic E-state index is 6.18. The molecule has 0 N–H and O–H groups in total. The molecule has 0 aliphatic carbocycles. The molecule has 0 aliphatic heterocycles. The van der Waals surface area contributed by atoms with Crippen LogP contribution < -0.4 is 0 Å². The zero-order valence-electron chi connectivity index (χ0n) is 18.8. The second-order valence-corrected chi connectivity index (χ2v) is 10.2. The van der Waals surface area contributed by atoms with E-state index in [1.807, 2.05) is 85.8 Å². The van der Waals surface area contributed by atoms with E-state index < -0.39 is 0 Å². The molecule has 3 aromatic carbocycles. The third kappa shape index (κ3) is 4.26. The zero-order valence-corrected chi connectivity index (χ0v) is 21.9. The van der Waals surface area contributed by atoms with Gasteiger partial charge in [0.25, 0.3) is 5.71 Å². The van der Waals surface area contributed by atoms with Crippen LogP contribution in [0.25, 0.3) is 38.7 Å². The first-order valence-corrected chi connectivity index (χ1v) is 12.9. The van der Waals surface area contributed by atoms with Crippen LogP contribution in [0.1, 0.15) is 5.69 Å². The molecule has 0 saturated carbocycles. The van der Waals surface area contributed by atoms with Crippen LogP contribution in [0.4, 0.5) is 10.7 Å². The second-order valence-electron chi connectivity index (χ2n) is 7.91. The minimum Gasteiger partial charge on any atom is -0.334 e. The molecule has 176 valence electrons. The van der Waals surface area contributed by atoms with Gasteiger partial charge in [-0.2, -0.15) is 0 Å². The molecule has 10 heteroatoms. The van der Waals surface area contributed by atoms with Gasteiger partial charge in [-0.15, -0.1) is 15.3 Å². The number of rotatable bonds is 5. The number of aromatic nitrogens is 4. The van der Waals surface area contributed by atoms with Gasteiger partial charge in [-0.25, -0.2) is 9.67 Å². The predicted octanol–water partition coefficient (Wildman–Crippen LogP) is 8.94. The Morgan fingerprint density at radius 3 is 2.42 bits per heavy atom. The molecule has 0 aliphatic rings. The lowest BCUT2D eigenvalue weighted by atomic mass is 10.0. The molecule has 0 bridgehead atoms. The lowest BCUT2D eigenvalue weighted by Gasteiger charge is -2.06. The molecule has 0 radical (unpaired) electrons. The third-order valence-corrected chi connectivity index (χ3v) is 7.30. The summed E-state index contributed by atoms with van der Waals surface area (Å²) in [7, 11) is 0. The number of thiazole rings is 1. The highest BCUT2D eigenvalue weighted by atomic mass is 79.9. The quantitative estimate of drug-likeness (QED) is 0.192. The fourth-order valence-electron chi connectivity index (χ4n) is 3.78. The topological polar surface area (TPSA) is 81.5 Å². The van der Waals surface area contributed by atoms with Crippen molar-refractivity contribution >= 4 is 60.7 Å². The van der Waals surface area contributed by atoms with E-state index in [2.05, 4.69) is 31.3 Å². The fraction of sp³-hybridized carbons (Fsp3) is 0.0385. The molecule has 0 spiro atoms. The van der Waals surface area contributed by atoms with E-state index in [0.29, 0.717) is 26.6 Å². The van der Waals surface area contributed by atoms with Crippen molar-refractivity contribution < 1.29 is 4.52 Å². The summed E-state index contributed by atoms with van der Waals surface area (Å²) in [6, 6.07) is 25.1. The van der Waals surface area contributed by atoms with Crippen molar-refractivity contribution in [2.75, 3.05) is 0 Å². The van der Waals surface area contributed by atoms with Crippen LogP contribution >= 0.6 is 38.9 Å². The highest BCUT2D eigenvalue weighted by Gasteiger charge is 2.25. The van der Waals surface area contributed by atoms with Gasteiger partial charge in [0.15, 0.2) is 5.00 Å². The van der Waals surface area contributed by atoms with Crippen LogP contribution in [0.3, 0.4) is 0 Å². The highest BCUT2D eigenvalue weighted by molar-refractivity contribution is 9.10. The molecule has 0 atom stereocenters.